The Kier molecular flexibility index (Phi) is 4.85. The van der Waals surface area contributed by atoms with Gasteiger partial charge < -0.3 is 9.47 Å². The number of ether oxygens (including phenoxy) is 2. The fraction of sp³-hybridized carbons (Fsp3) is 0.133. The predicted molar refractivity (Wildman–Crippen MR) is 82.1 cm³/mol. The van der Waals surface area contributed by atoms with Crippen molar-refractivity contribution in [3.05, 3.63) is 56.8 Å². The normalized spacial score (nSPS) is 10.3. The first-order valence-electron chi connectivity index (χ1n) is 5.89. The van der Waals surface area contributed by atoms with Crippen molar-refractivity contribution < 1.29 is 18.7 Å². The molecule has 110 valence electrons. The molecule has 21 heavy (non-hydrogen) atoms. The Morgan fingerprint density at radius 2 is 1.81 bits per heavy atom. The molecular weight excluding hydrogens is 363 g/mol. The van der Waals surface area contributed by atoms with E-state index in [4.69, 9.17) is 21.1 Å². The maximum absolute atomic E-state index is 13.1. The third kappa shape index (κ3) is 3.04. The Labute approximate surface area is 134 Å². The summed E-state index contributed by atoms with van der Waals surface area (Å²) in [6.07, 6.45) is 0. The molecule has 0 atom stereocenters. The van der Waals surface area contributed by atoms with Crippen molar-refractivity contribution in [1.82, 2.24) is 0 Å². The minimum Gasteiger partial charge on any atom is -0.495 e. The van der Waals surface area contributed by atoms with Gasteiger partial charge in [0.1, 0.15) is 21.8 Å². The van der Waals surface area contributed by atoms with Crippen LogP contribution in [0.1, 0.15) is 15.9 Å². The van der Waals surface area contributed by atoms with E-state index in [0.717, 1.165) is 6.07 Å². The second-order valence-electron chi connectivity index (χ2n) is 4.12. The number of halogens is 3. The van der Waals surface area contributed by atoms with Crippen molar-refractivity contribution >= 4 is 33.3 Å². The molecule has 0 amide bonds. The van der Waals surface area contributed by atoms with Crippen molar-refractivity contribution in [2.45, 2.75) is 0 Å². The van der Waals surface area contributed by atoms with Crippen LogP contribution in [-0.4, -0.2) is 20.0 Å². The van der Waals surface area contributed by atoms with Crippen molar-refractivity contribution in [1.29, 1.82) is 0 Å². The van der Waals surface area contributed by atoms with Gasteiger partial charge in [0.15, 0.2) is 5.78 Å². The Morgan fingerprint density at radius 1 is 1.14 bits per heavy atom. The van der Waals surface area contributed by atoms with E-state index in [-0.39, 0.29) is 16.4 Å². The van der Waals surface area contributed by atoms with Gasteiger partial charge in [-0.05, 0) is 46.3 Å². The van der Waals surface area contributed by atoms with Crippen LogP contribution in [0.25, 0.3) is 0 Å². The maximum Gasteiger partial charge on any atom is 0.198 e. The van der Waals surface area contributed by atoms with Crippen LogP contribution in [0.5, 0.6) is 11.5 Å². The lowest BCUT2D eigenvalue weighted by atomic mass is 10.0. The molecule has 0 aliphatic heterocycles. The molecule has 2 rings (SSSR count). The molecule has 0 radical (unpaired) electrons. The Morgan fingerprint density at radius 3 is 2.38 bits per heavy atom. The minimum atomic E-state index is -0.501. The minimum absolute atomic E-state index is 0.0500. The highest BCUT2D eigenvalue weighted by atomic mass is 79.9. The van der Waals surface area contributed by atoms with Crippen LogP contribution in [-0.2, 0) is 0 Å². The van der Waals surface area contributed by atoms with Crippen LogP contribution in [0, 0.1) is 5.82 Å². The average molecular weight is 374 g/mol. The van der Waals surface area contributed by atoms with Gasteiger partial charge in [0.25, 0.3) is 0 Å². The van der Waals surface area contributed by atoms with Crippen LogP contribution in [0.2, 0.25) is 5.02 Å². The second-order valence-corrected chi connectivity index (χ2v) is 5.32. The molecule has 0 aromatic heterocycles. The van der Waals surface area contributed by atoms with Gasteiger partial charge >= 0.3 is 0 Å². The number of benzene rings is 2. The molecule has 0 saturated heterocycles. The largest absolute Gasteiger partial charge is 0.495 e. The lowest BCUT2D eigenvalue weighted by Gasteiger charge is -2.13. The Hall–Kier alpha value is -1.59. The van der Waals surface area contributed by atoms with Crippen LogP contribution in [0.3, 0.4) is 0 Å². The quantitative estimate of drug-likeness (QED) is 0.741. The van der Waals surface area contributed by atoms with Crippen LogP contribution >= 0.6 is 27.5 Å². The molecule has 0 N–H and O–H groups in total. The van der Waals surface area contributed by atoms with E-state index in [1.165, 1.54) is 26.4 Å². The predicted octanol–water partition coefficient (Wildman–Crippen LogP) is 4.49. The number of hydrogen-bond acceptors (Lipinski definition) is 3. The van der Waals surface area contributed by atoms with Gasteiger partial charge in [-0.1, -0.05) is 11.6 Å². The summed E-state index contributed by atoms with van der Waals surface area (Å²) in [5.74, 6) is 0.00738. The van der Waals surface area contributed by atoms with Gasteiger partial charge in [-0.15, -0.1) is 0 Å². The fourth-order valence-electron chi connectivity index (χ4n) is 1.89. The number of rotatable bonds is 4. The molecular formula is C15H11BrClFO3. The summed E-state index contributed by atoms with van der Waals surface area (Å²) in [5.41, 5.74) is 0.507. The first-order valence-corrected chi connectivity index (χ1v) is 7.07. The second kappa shape index (κ2) is 6.45. The van der Waals surface area contributed by atoms with E-state index < -0.39 is 5.82 Å². The molecule has 0 heterocycles. The van der Waals surface area contributed by atoms with E-state index in [9.17, 15) is 9.18 Å². The highest BCUT2D eigenvalue weighted by Gasteiger charge is 2.21. The third-order valence-corrected chi connectivity index (χ3v) is 3.97. The highest BCUT2D eigenvalue weighted by Crippen LogP contribution is 2.38. The zero-order chi connectivity index (χ0) is 15.6. The molecule has 6 heteroatoms. The molecule has 2 aromatic rings. The van der Waals surface area contributed by atoms with Crippen molar-refractivity contribution in [3.63, 3.8) is 0 Å². The van der Waals surface area contributed by atoms with Gasteiger partial charge in [0.05, 0.1) is 24.8 Å². The summed E-state index contributed by atoms with van der Waals surface area (Å²) < 4.78 is 24.0. The van der Waals surface area contributed by atoms with Gasteiger partial charge in [-0.2, -0.15) is 0 Å². The lowest BCUT2D eigenvalue weighted by molar-refractivity contribution is 0.103. The van der Waals surface area contributed by atoms with Gasteiger partial charge in [-0.25, -0.2) is 4.39 Å². The molecule has 0 spiro atoms. The van der Waals surface area contributed by atoms with Crippen LogP contribution in [0.4, 0.5) is 4.39 Å². The average Bonchev–Trinajstić information content (AvgIpc) is 2.46. The van der Waals surface area contributed by atoms with Gasteiger partial charge in [0.2, 0.25) is 0 Å². The topological polar surface area (TPSA) is 35.5 Å². The molecule has 0 aliphatic rings. The van der Waals surface area contributed by atoms with E-state index in [1.54, 1.807) is 12.1 Å². The van der Waals surface area contributed by atoms with E-state index in [0.29, 0.717) is 21.5 Å². The first-order chi connectivity index (χ1) is 9.99. The smallest absolute Gasteiger partial charge is 0.198 e. The molecule has 2 aromatic carbocycles. The van der Waals surface area contributed by atoms with E-state index >= 15 is 0 Å². The number of methoxy groups -OCH3 is 2. The molecule has 0 unspecified atom stereocenters. The van der Waals surface area contributed by atoms with Crippen molar-refractivity contribution in [2.24, 2.45) is 0 Å². The SMILES string of the molecule is COc1ccc(C(=O)c2ccc(F)cc2Cl)c(OC)c1Br. The van der Waals surface area contributed by atoms with Crippen LogP contribution in [0.15, 0.2) is 34.8 Å². The summed E-state index contributed by atoms with van der Waals surface area (Å²) in [6.45, 7) is 0. The maximum atomic E-state index is 13.1. The first kappa shape index (κ1) is 15.8. The van der Waals surface area contributed by atoms with Crippen molar-refractivity contribution in [3.8, 4) is 11.5 Å². The number of ketones is 1. The zero-order valence-corrected chi connectivity index (χ0v) is 13.6. The molecule has 0 saturated carbocycles. The zero-order valence-electron chi connectivity index (χ0n) is 11.2. The van der Waals surface area contributed by atoms with Crippen LogP contribution < -0.4 is 9.47 Å². The van der Waals surface area contributed by atoms with E-state index in [1.807, 2.05) is 0 Å². The number of carbonyl (C=O) groups is 1. The summed E-state index contributed by atoms with van der Waals surface area (Å²) >= 11 is 9.26. The molecule has 0 aliphatic carbocycles. The standard InChI is InChI=1S/C15H11BrClFO3/c1-20-12-6-5-10(15(21-2)13(12)16)14(19)9-4-3-8(18)7-11(9)17/h3-7H,1-2H3. The molecule has 0 bridgehead atoms. The van der Waals surface area contributed by atoms with Crippen molar-refractivity contribution in [2.75, 3.05) is 14.2 Å². The monoisotopic (exact) mass is 372 g/mol. The fourth-order valence-corrected chi connectivity index (χ4v) is 2.82. The Bertz CT molecular complexity index is 704. The number of hydrogen-bond donors (Lipinski definition) is 0. The highest BCUT2D eigenvalue weighted by molar-refractivity contribution is 9.10. The molecule has 0 fully saturated rings. The summed E-state index contributed by atoms with van der Waals surface area (Å²) in [5, 5.41) is 0.0500. The lowest BCUT2D eigenvalue weighted by Crippen LogP contribution is -2.06. The third-order valence-electron chi connectivity index (χ3n) is 2.91. The summed E-state index contributed by atoms with van der Waals surface area (Å²) in [4.78, 5) is 12.6. The summed E-state index contributed by atoms with van der Waals surface area (Å²) in [7, 11) is 2.96. The Balaban J connectivity index is 2.55. The summed E-state index contributed by atoms with van der Waals surface area (Å²) in [6, 6.07) is 6.84. The van der Waals surface area contributed by atoms with E-state index in [2.05, 4.69) is 15.9 Å². The van der Waals surface area contributed by atoms with Gasteiger partial charge in [-0.3, -0.25) is 4.79 Å². The molecule has 3 nitrogen and oxygen atoms in total. The van der Waals surface area contributed by atoms with Gasteiger partial charge in [0, 0.05) is 5.56 Å². The number of carbonyl (C=O) groups excluding carboxylic acids is 1.